The highest BCUT2D eigenvalue weighted by atomic mass is 16.5. The number of hydrogen-bond donors (Lipinski definition) is 1. The van der Waals surface area contributed by atoms with Gasteiger partial charge in [0.2, 0.25) is 0 Å². The van der Waals surface area contributed by atoms with Gasteiger partial charge in [0.1, 0.15) is 5.75 Å². The molecule has 0 aliphatic carbocycles. The van der Waals surface area contributed by atoms with Crippen molar-refractivity contribution in [3.8, 4) is 5.75 Å². The van der Waals surface area contributed by atoms with Crippen LogP contribution in [0, 0.1) is 5.92 Å². The monoisotopic (exact) mass is 351 g/mol. The normalized spacial score (nSPS) is 11.3. The van der Waals surface area contributed by atoms with Crippen molar-refractivity contribution in [1.29, 1.82) is 0 Å². The van der Waals surface area contributed by atoms with Crippen molar-refractivity contribution in [2.24, 2.45) is 5.92 Å². The van der Waals surface area contributed by atoms with Crippen LogP contribution in [0.1, 0.15) is 32.3 Å². The third kappa shape index (κ3) is 5.09. The van der Waals surface area contributed by atoms with Gasteiger partial charge in [0, 0.05) is 31.0 Å². The van der Waals surface area contributed by atoms with E-state index in [0.717, 1.165) is 44.8 Å². The molecule has 1 aromatic heterocycles. The summed E-state index contributed by atoms with van der Waals surface area (Å²) in [5.74, 6) is 1.66. The van der Waals surface area contributed by atoms with Crippen LogP contribution in [-0.4, -0.2) is 22.7 Å². The molecule has 138 valence electrons. The van der Waals surface area contributed by atoms with Crippen LogP contribution in [-0.2, 0) is 13.1 Å². The summed E-state index contributed by atoms with van der Waals surface area (Å²) in [6, 6.07) is 12.8. The molecule has 0 amide bonds. The number of nitrogens with one attached hydrogen (secondary N) is 1. The fourth-order valence-corrected chi connectivity index (χ4v) is 3.06. The quantitative estimate of drug-likeness (QED) is 0.541. The van der Waals surface area contributed by atoms with Crippen molar-refractivity contribution >= 4 is 10.8 Å². The minimum atomic E-state index is 0.653. The first-order chi connectivity index (χ1) is 12.7. The molecule has 2 aromatic carbocycles. The summed E-state index contributed by atoms with van der Waals surface area (Å²) in [5.41, 5.74) is 1.26. The third-order valence-electron chi connectivity index (χ3n) is 4.58. The molecule has 0 bridgehead atoms. The molecule has 0 saturated heterocycles. The van der Waals surface area contributed by atoms with Gasteiger partial charge in [-0.1, -0.05) is 44.2 Å². The van der Waals surface area contributed by atoms with E-state index in [9.17, 15) is 0 Å². The van der Waals surface area contributed by atoms with Crippen molar-refractivity contribution in [1.82, 2.24) is 14.9 Å². The van der Waals surface area contributed by atoms with Crippen molar-refractivity contribution in [2.45, 2.75) is 39.8 Å². The molecule has 0 radical (unpaired) electrons. The highest BCUT2D eigenvalue weighted by Gasteiger charge is 2.09. The van der Waals surface area contributed by atoms with Crippen LogP contribution in [0.15, 0.2) is 55.1 Å². The maximum absolute atomic E-state index is 6.12. The topological polar surface area (TPSA) is 39.1 Å². The molecule has 0 saturated carbocycles. The first kappa shape index (κ1) is 18.5. The molecular weight excluding hydrogens is 322 g/mol. The molecular formula is C22H29N3O. The molecule has 0 fully saturated rings. The van der Waals surface area contributed by atoms with Crippen molar-refractivity contribution in [3.05, 3.63) is 60.7 Å². The molecule has 1 heterocycles. The van der Waals surface area contributed by atoms with E-state index in [4.69, 9.17) is 4.74 Å². The number of ether oxygens (including phenoxy) is 1. The van der Waals surface area contributed by atoms with Gasteiger partial charge in [0.25, 0.3) is 0 Å². The zero-order valence-corrected chi connectivity index (χ0v) is 15.8. The molecule has 26 heavy (non-hydrogen) atoms. The fourth-order valence-electron chi connectivity index (χ4n) is 3.06. The van der Waals surface area contributed by atoms with E-state index in [1.54, 1.807) is 0 Å². The van der Waals surface area contributed by atoms with E-state index in [0.29, 0.717) is 5.92 Å². The molecule has 4 nitrogen and oxygen atoms in total. The minimum absolute atomic E-state index is 0.653. The van der Waals surface area contributed by atoms with Gasteiger partial charge in [-0.2, -0.15) is 0 Å². The number of imidazole rings is 1. The Morgan fingerprint density at radius 3 is 2.85 bits per heavy atom. The van der Waals surface area contributed by atoms with Crippen LogP contribution in [0.2, 0.25) is 0 Å². The Kier molecular flexibility index (Phi) is 6.67. The van der Waals surface area contributed by atoms with Gasteiger partial charge >= 0.3 is 0 Å². The van der Waals surface area contributed by atoms with Crippen LogP contribution in [0.25, 0.3) is 10.8 Å². The van der Waals surface area contributed by atoms with Gasteiger partial charge in [0.05, 0.1) is 12.9 Å². The second-order valence-corrected chi connectivity index (χ2v) is 7.13. The van der Waals surface area contributed by atoms with Gasteiger partial charge < -0.3 is 14.6 Å². The lowest BCUT2D eigenvalue weighted by molar-refractivity contribution is 0.286. The predicted octanol–water partition coefficient (Wildman–Crippen LogP) is 4.64. The maximum atomic E-state index is 6.12. The van der Waals surface area contributed by atoms with Crippen LogP contribution in [0.3, 0.4) is 0 Å². The zero-order valence-electron chi connectivity index (χ0n) is 15.8. The Balaban J connectivity index is 1.63. The lowest BCUT2D eigenvalue weighted by atomic mass is 10.0. The Hall–Kier alpha value is -2.33. The second-order valence-electron chi connectivity index (χ2n) is 7.13. The van der Waals surface area contributed by atoms with E-state index in [-0.39, 0.29) is 0 Å². The number of hydrogen-bond acceptors (Lipinski definition) is 3. The van der Waals surface area contributed by atoms with Crippen molar-refractivity contribution < 1.29 is 4.74 Å². The molecule has 3 rings (SSSR count). The summed E-state index contributed by atoms with van der Waals surface area (Å²) in [5, 5.41) is 6.12. The second kappa shape index (κ2) is 9.39. The van der Waals surface area contributed by atoms with Gasteiger partial charge in [0.15, 0.2) is 0 Å². The van der Waals surface area contributed by atoms with Crippen molar-refractivity contribution in [3.63, 3.8) is 0 Å². The first-order valence-corrected chi connectivity index (χ1v) is 9.54. The van der Waals surface area contributed by atoms with E-state index in [1.807, 2.05) is 18.7 Å². The Bertz CT molecular complexity index is 796. The Morgan fingerprint density at radius 1 is 1.15 bits per heavy atom. The first-order valence-electron chi connectivity index (χ1n) is 9.54. The molecule has 0 aliphatic heterocycles. The molecule has 3 aromatic rings. The highest BCUT2D eigenvalue weighted by molar-refractivity contribution is 5.87. The minimum Gasteiger partial charge on any atom is -0.493 e. The van der Waals surface area contributed by atoms with Gasteiger partial charge in [-0.3, -0.25) is 0 Å². The predicted molar refractivity (Wildman–Crippen MR) is 107 cm³/mol. The number of fused-ring (bicyclic) bond motifs is 1. The van der Waals surface area contributed by atoms with Gasteiger partial charge in [-0.25, -0.2) is 4.98 Å². The van der Waals surface area contributed by atoms with E-state index < -0.39 is 0 Å². The summed E-state index contributed by atoms with van der Waals surface area (Å²) in [6.45, 7) is 8.00. The highest BCUT2D eigenvalue weighted by Crippen LogP contribution is 2.28. The molecule has 0 atom stereocenters. The third-order valence-corrected chi connectivity index (χ3v) is 4.58. The van der Waals surface area contributed by atoms with E-state index in [1.165, 1.54) is 16.3 Å². The summed E-state index contributed by atoms with van der Waals surface area (Å²) in [7, 11) is 0. The summed E-state index contributed by atoms with van der Waals surface area (Å²) in [4.78, 5) is 4.08. The van der Waals surface area contributed by atoms with Gasteiger partial charge in [-0.15, -0.1) is 0 Å². The number of nitrogens with zero attached hydrogens (tertiary/aromatic N) is 2. The lowest BCUT2D eigenvalue weighted by Gasteiger charge is -2.16. The standard InChI is InChI=1S/C22H29N3O/c1-18(2)10-15-26-22-9-8-19-6-3-4-7-20(19)21(22)16-23-11-5-13-25-14-12-24-17-25/h3-4,6-9,12,14,17-18,23H,5,10-11,13,15-16H2,1-2H3. The largest absolute Gasteiger partial charge is 0.493 e. The number of benzene rings is 2. The summed E-state index contributed by atoms with van der Waals surface area (Å²) < 4.78 is 8.23. The van der Waals surface area contributed by atoms with Crippen LogP contribution in [0.5, 0.6) is 5.75 Å². The smallest absolute Gasteiger partial charge is 0.124 e. The van der Waals surface area contributed by atoms with Crippen molar-refractivity contribution in [2.75, 3.05) is 13.2 Å². The Labute approximate surface area is 156 Å². The molecule has 4 heteroatoms. The number of aryl methyl sites for hydroxylation is 1. The number of aromatic nitrogens is 2. The SMILES string of the molecule is CC(C)CCOc1ccc2ccccc2c1CNCCCn1ccnc1. The Morgan fingerprint density at radius 2 is 2.04 bits per heavy atom. The van der Waals surface area contributed by atoms with E-state index in [2.05, 4.69) is 65.1 Å². The average Bonchev–Trinajstić information content (AvgIpc) is 3.15. The van der Waals surface area contributed by atoms with E-state index >= 15 is 0 Å². The molecule has 0 aliphatic rings. The summed E-state index contributed by atoms with van der Waals surface area (Å²) >= 11 is 0. The van der Waals surface area contributed by atoms with Gasteiger partial charge in [-0.05, 0) is 42.1 Å². The fraction of sp³-hybridized carbons (Fsp3) is 0.409. The van der Waals surface area contributed by atoms with Crippen LogP contribution < -0.4 is 10.1 Å². The maximum Gasteiger partial charge on any atom is 0.124 e. The van der Waals surface area contributed by atoms with Crippen LogP contribution >= 0.6 is 0 Å². The number of rotatable bonds is 10. The zero-order chi connectivity index (χ0) is 18.2. The molecule has 0 unspecified atom stereocenters. The molecule has 1 N–H and O–H groups in total. The average molecular weight is 351 g/mol. The molecule has 0 spiro atoms. The van der Waals surface area contributed by atoms with Crippen LogP contribution in [0.4, 0.5) is 0 Å². The lowest BCUT2D eigenvalue weighted by Crippen LogP contribution is -2.17. The summed E-state index contributed by atoms with van der Waals surface area (Å²) in [6.07, 6.45) is 7.84.